The van der Waals surface area contributed by atoms with Crippen LogP contribution in [0.4, 0.5) is 0 Å². The number of nitrogens with one attached hydrogen (secondary N) is 1. The Kier molecular flexibility index (Phi) is 7.53. The van der Waals surface area contributed by atoms with Crippen molar-refractivity contribution in [3.05, 3.63) is 29.8 Å². The summed E-state index contributed by atoms with van der Waals surface area (Å²) in [5, 5.41) is 0. The first-order valence-corrected chi connectivity index (χ1v) is 7.36. The molecule has 19 heavy (non-hydrogen) atoms. The fourth-order valence-corrected chi connectivity index (χ4v) is 2.12. The molecule has 0 heterocycles. The fourth-order valence-electron chi connectivity index (χ4n) is 2.12. The zero-order valence-corrected chi connectivity index (χ0v) is 12.5. The Morgan fingerprint density at radius 2 is 2.05 bits per heavy atom. The zero-order valence-electron chi connectivity index (χ0n) is 12.5. The van der Waals surface area contributed by atoms with Gasteiger partial charge in [0, 0.05) is 6.04 Å². The number of rotatable bonds is 9. The Morgan fingerprint density at radius 3 is 2.68 bits per heavy atom. The summed E-state index contributed by atoms with van der Waals surface area (Å²) in [5.74, 6) is 7.36. The molecule has 0 radical (unpaired) electrons. The molecule has 1 unspecified atom stereocenters. The van der Waals surface area contributed by atoms with Crippen LogP contribution >= 0.6 is 0 Å². The molecular formula is C16H28N2O. The minimum Gasteiger partial charge on any atom is -0.494 e. The largest absolute Gasteiger partial charge is 0.494 e. The maximum Gasteiger partial charge on any atom is 0.119 e. The summed E-state index contributed by atoms with van der Waals surface area (Å²) >= 11 is 0. The molecule has 1 aromatic rings. The number of benzene rings is 1. The van der Waals surface area contributed by atoms with Crippen molar-refractivity contribution in [1.29, 1.82) is 0 Å². The van der Waals surface area contributed by atoms with E-state index in [2.05, 4.69) is 38.3 Å². The third-order valence-electron chi connectivity index (χ3n) is 3.21. The molecule has 1 aromatic carbocycles. The van der Waals surface area contributed by atoms with Crippen LogP contribution in [0.25, 0.3) is 0 Å². The predicted octanol–water partition coefficient (Wildman–Crippen LogP) is 3.81. The van der Waals surface area contributed by atoms with Crippen LogP contribution in [0.1, 0.15) is 58.1 Å². The highest BCUT2D eigenvalue weighted by atomic mass is 16.5. The molecule has 0 aliphatic carbocycles. The lowest BCUT2D eigenvalue weighted by Crippen LogP contribution is -2.28. The number of hydrazine groups is 1. The molecule has 3 nitrogen and oxygen atoms in total. The predicted molar refractivity (Wildman–Crippen MR) is 81.0 cm³/mol. The van der Waals surface area contributed by atoms with Crippen molar-refractivity contribution < 1.29 is 4.74 Å². The van der Waals surface area contributed by atoms with E-state index in [1.807, 2.05) is 12.1 Å². The first kappa shape index (κ1) is 16.0. The van der Waals surface area contributed by atoms with Crippen LogP contribution in [0.3, 0.4) is 0 Å². The van der Waals surface area contributed by atoms with Gasteiger partial charge >= 0.3 is 0 Å². The van der Waals surface area contributed by atoms with Crippen LogP contribution in [-0.2, 0) is 0 Å². The Morgan fingerprint density at radius 1 is 1.26 bits per heavy atom. The van der Waals surface area contributed by atoms with Gasteiger partial charge in [-0.05, 0) is 36.5 Å². The Hall–Kier alpha value is -1.06. The van der Waals surface area contributed by atoms with E-state index in [1.54, 1.807) is 0 Å². The molecule has 0 aliphatic heterocycles. The fraction of sp³-hybridized carbons (Fsp3) is 0.625. The third-order valence-corrected chi connectivity index (χ3v) is 3.21. The van der Waals surface area contributed by atoms with Gasteiger partial charge in [-0.3, -0.25) is 11.3 Å². The Balaban J connectivity index is 2.58. The number of hydrogen-bond donors (Lipinski definition) is 2. The summed E-state index contributed by atoms with van der Waals surface area (Å²) in [7, 11) is 0. The molecule has 0 aliphatic rings. The van der Waals surface area contributed by atoms with Crippen LogP contribution in [0.15, 0.2) is 24.3 Å². The second-order valence-electron chi connectivity index (χ2n) is 5.46. The molecule has 0 aromatic heterocycles. The van der Waals surface area contributed by atoms with Crippen molar-refractivity contribution in [1.82, 2.24) is 5.43 Å². The number of nitrogens with two attached hydrogens (primary N) is 1. The van der Waals surface area contributed by atoms with E-state index in [0.29, 0.717) is 0 Å². The topological polar surface area (TPSA) is 47.3 Å². The quantitative estimate of drug-likeness (QED) is 0.527. The molecule has 1 atom stereocenters. The van der Waals surface area contributed by atoms with E-state index in [0.717, 1.165) is 31.1 Å². The van der Waals surface area contributed by atoms with Crippen molar-refractivity contribution >= 4 is 0 Å². The van der Waals surface area contributed by atoms with Crippen LogP contribution < -0.4 is 16.0 Å². The van der Waals surface area contributed by atoms with Gasteiger partial charge in [0.2, 0.25) is 0 Å². The van der Waals surface area contributed by atoms with Crippen molar-refractivity contribution in [2.45, 2.75) is 52.5 Å². The molecule has 1 rings (SSSR count). The Labute approximate surface area is 117 Å². The second kappa shape index (κ2) is 8.94. The lowest BCUT2D eigenvalue weighted by atomic mass is 9.98. The van der Waals surface area contributed by atoms with Crippen LogP contribution in [0.2, 0.25) is 0 Å². The molecule has 0 saturated heterocycles. The van der Waals surface area contributed by atoms with E-state index in [-0.39, 0.29) is 6.04 Å². The molecule has 0 saturated carbocycles. The van der Waals surface area contributed by atoms with E-state index in [4.69, 9.17) is 10.6 Å². The normalized spacial score (nSPS) is 12.7. The third kappa shape index (κ3) is 6.08. The van der Waals surface area contributed by atoms with Gasteiger partial charge in [0.15, 0.2) is 0 Å². The minimum absolute atomic E-state index is 0.212. The summed E-state index contributed by atoms with van der Waals surface area (Å²) in [4.78, 5) is 0. The number of ether oxygens (including phenoxy) is 1. The van der Waals surface area contributed by atoms with Crippen LogP contribution in [-0.4, -0.2) is 6.61 Å². The van der Waals surface area contributed by atoms with Gasteiger partial charge in [-0.15, -0.1) is 0 Å². The van der Waals surface area contributed by atoms with Gasteiger partial charge in [0.25, 0.3) is 0 Å². The molecule has 0 spiro atoms. The average molecular weight is 264 g/mol. The SMILES string of the molecule is CCCOc1cccc(C(CCCC(C)C)NN)c1. The van der Waals surface area contributed by atoms with Gasteiger partial charge in [-0.25, -0.2) is 0 Å². The van der Waals surface area contributed by atoms with E-state index < -0.39 is 0 Å². The summed E-state index contributed by atoms with van der Waals surface area (Å²) < 4.78 is 5.66. The molecule has 0 bridgehead atoms. The van der Waals surface area contributed by atoms with Crippen molar-refractivity contribution in [3.63, 3.8) is 0 Å². The van der Waals surface area contributed by atoms with Gasteiger partial charge in [-0.1, -0.05) is 45.7 Å². The molecule has 108 valence electrons. The smallest absolute Gasteiger partial charge is 0.119 e. The van der Waals surface area contributed by atoms with Gasteiger partial charge in [0.05, 0.1) is 6.61 Å². The highest BCUT2D eigenvalue weighted by Gasteiger charge is 2.10. The van der Waals surface area contributed by atoms with Gasteiger partial charge in [-0.2, -0.15) is 0 Å². The van der Waals surface area contributed by atoms with Crippen molar-refractivity contribution in [2.24, 2.45) is 11.8 Å². The van der Waals surface area contributed by atoms with Crippen LogP contribution in [0, 0.1) is 5.92 Å². The minimum atomic E-state index is 0.212. The maximum absolute atomic E-state index is 5.68. The van der Waals surface area contributed by atoms with Gasteiger partial charge < -0.3 is 4.74 Å². The standard InChI is InChI=1S/C16H28N2O/c1-4-11-19-15-9-6-8-14(12-15)16(18-17)10-5-7-13(2)3/h6,8-9,12-13,16,18H,4-5,7,10-11,17H2,1-3H3. The van der Waals surface area contributed by atoms with E-state index >= 15 is 0 Å². The first-order valence-electron chi connectivity index (χ1n) is 7.36. The molecule has 3 heteroatoms. The average Bonchev–Trinajstić information content (AvgIpc) is 2.41. The molecule has 0 amide bonds. The van der Waals surface area contributed by atoms with Crippen molar-refractivity contribution in [3.8, 4) is 5.75 Å². The summed E-state index contributed by atoms with van der Waals surface area (Å²) in [6, 6.07) is 8.45. The maximum atomic E-state index is 5.68. The lowest BCUT2D eigenvalue weighted by molar-refractivity contribution is 0.316. The van der Waals surface area contributed by atoms with E-state index in [9.17, 15) is 0 Å². The van der Waals surface area contributed by atoms with Crippen molar-refractivity contribution in [2.75, 3.05) is 6.61 Å². The summed E-state index contributed by atoms with van der Waals surface area (Å²) in [6.07, 6.45) is 4.51. The lowest BCUT2D eigenvalue weighted by Gasteiger charge is -2.18. The number of hydrogen-bond acceptors (Lipinski definition) is 3. The molecular weight excluding hydrogens is 236 g/mol. The monoisotopic (exact) mass is 264 g/mol. The first-order chi connectivity index (χ1) is 9.17. The summed E-state index contributed by atoms with van der Waals surface area (Å²) in [5.41, 5.74) is 4.13. The zero-order chi connectivity index (χ0) is 14.1. The van der Waals surface area contributed by atoms with Crippen LogP contribution in [0.5, 0.6) is 5.75 Å². The highest BCUT2D eigenvalue weighted by Crippen LogP contribution is 2.23. The second-order valence-corrected chi connectivity index (χ2v) is 5.46. The van der Waals surface area contributed by atoms with Gasteiger partial charge in [0.1, 0.15) is 5.75 Å². The summed E-state index contributed by atoms with van der Waals surface area (Å²) in [6.45, 7) is 7.38. The molecule has 3 N–H and O–H groups in total. The highest BCUT2D eigenvalue weighted by molar-refractivity contribution is 5.30. The Bertz CT molecular complexity index is 352. The molecule has 0 fully saturated rings. The van der Waals surface area contributed by atoms with E-state index in [1.165, 1.54) is 18.4 Å².